The van der Waals surface area contributed by atoms with E-state index >= 15 is 0 Å². The quantitative estimate of drug-likeness (QED) is 0.490. The van der Waals surface area contributed by atoms with Gasteiger partial charge in [-0.3, -0.25) is 9.10 Å². The summed E-state index contributed by atoms with van der Waals surface area (Å²) in [6.07, 6.45) is 2.09. The third-order valence-electron chi connectivity index (χ3n) is 5.75. The monoisotopic (exact) mass is 476 g/mol. The van der Waals surface area contributed by atoms with Crippen LogP contribution in [-0.2, 0) is 21.2 Å². The first-order valence-corrected chi connectivity index (χ1v) is 12.8. The molecular weight excluding hydrogens is 448 g/mol. The number of carbonyl (C=O) groups is 1. The average Bonchev–Trinajstić information content (AvgIpc) is 2.85. The second-order valence-corrected chi connectivity index (χ2v) is 9.96. The van der Waals surface area contributed by atoms with Crippen LogP contribution in [0, 0.1) is 0 Å². The van der Waals surface area contributed by atoms with Crippen molar-refractivity contribution >= 4 is 27.2 Å². The van der Waals surface area contributed by atoms with Gasteiger partial charge < -0.3 is 10.1 Å². The predicted octanol–water partition coefficient (Wildman–Crippen LogP) is 4.37. The maximum absolute atomic E-state index is 13.4. The first-order valence-electron chi connectivity index (χ1n) is 11.3. The van der Waals surface area contributed by atoms with E-state index in [0.717, 1.165) is 17.1 Å². The summed E-state index contributed by atoms with van der Waals surface area (Å²) in [5.74, 6) is 0.0549. The summed E-state index contributed by atoms with van der Waals surface area (Å²) in [4.78, 5) is 13.0. The van der Waals surface area contributed by atoms with Crippen molar-refractivity contribution in [2.75, 3.05) is 24.5 Å². The Balaban J connectivity index is 1.58. The van der Waals surface area contributed by atoms with Crippen LogP contribution in [0.2, 0.25) is 0 Å². The predicted molar refractivity (Wildman–Crippen MR) is 135 cm³/mol. The number of carbonyl (C=O) groups excluding carboxylic acids is 1. The molecule has 34 heavy (non-hydrogen) atoms. The first kappa shape index (κ1) is 23.6. The molecule has 1 aliphatic rings. The second-order valence-electron chi connectivity index (χ2n) is 8.06. The smallest absolute Gasteiger partial charge is 0.270 e. The summed E-state index contributed by atoms with van der Waals surface area (Å²) in [7, 11) is -2.58. The van der Waals surface area contributed by atoms with Crippen LogP contribution in [0.5, 0.6) is 5.75 Å². The maximum atomic E-state index is 13.4. The van der Waals surface area contributed by atoms with Crippen LogP contribution < -0.4 is 14.4 Å². The molecule has 0 unspecified atom stereocenters. The molecule has 0 spiro atoms. The first-order chi connectivity index (χ1) is 16.4. The Bertz CT molecular complexity index is 1300. The van der Waals surface area contributed by atoms with Crippen molar-refractivity contribution < 1.29 is 17.9 Å². The molecule has 0 aliphatic carbocycles. The standard InChI is InChI=1S/C27H28N2O4S/c1-3-9-20-14-16-22(17-15-20)33-19-18-28-27(30)26-25(21-10-5-4-6-11-21)23-12-7-8-13-24(23)29(2)34(26,31)32/h4-8,10-17H,3,9,18-19H2,1-2H3,(H,28,30). The van der Waals surface area contributed by atoms with Crippen molar-refractivity contribution in [1.82, 2.24) is 5.32 Å². The fourth-order valence-electron chi connectivity index (χ4n) is 4.05. The van der Waals surface area contributed by atoms with E-state index in [-0.39, 0.29) is 18.1 Å². The lowest BCUT2D eigenvalue weighted by Gasteiger charge is -2.30. The molecule has 3 aromatic rings. The molecule has 0 aromatic heterocycles. The number of nitrogens with zero attached hydrogens (tertiary/aromatic N) is 1. The largest absolute Gasteiger partial charge is 0.492 e. The van der Waals surface area contributed by atoms with E-state index in [9.17, 15) is 13.2 Å². The molecule has 0 saturated heterocycles. The Morgan fingerprint density at radius 2 is 1.62 bits per heavy atom. The van der Waals surface area contributed by atoms with Gasteiger partial charge in [0.25, 0.3) is 15.9 Å². The van der Waals surface area contributed by atoms with Crippen LogP contribution in [0.15, 0.2) is 83.8 Å². The number of nitrogens with one attached hydrogen (secondary N) is 1. The van der Waals surface area contributed by atoms with Gasteiger partial charge in [0.05, 0.1) is 12.2 Å². The van der Waals surface area contributed by atoms with Gasteiger partial charge in [0.1, 0.15) is 12.4 Å². The molecule has 1 amide bonds. The van der Waals surface area contributed by atoms with Gasteiger partial charge in [-0.1, -0.05) is 74.0 Å². The Morgan fingerprint density at radius 3 is 2.32 bits per heavy atom. The Labute approximate surface area is 200 Å². The molecule has 1 aliphatic heterocycles. The summed E-state index contributed by atoms with van der Waals surface area (Å²) >= 11 is 0. The Kier molecular flexibility index (Phi) is 7.03. The fourth-order valence-corrected chi connectivity index (χ4v) is 5.54. The fraction of sp³-hybridized carbons (Fsp3) is 0.222. The number of amides is 1. The van der Waals surface area contributed by atoms with Gasteiger partial charge in [0.2, 0.25) is 0 Å². The highest BCUT2D eigenvalue weighted by molar-refractivity contribution is 7.97. The summed E-state index contributed by atoms with van der Waals surface area (Å²) in [5, 5.41) is 2.73. The molecule has 1 heterocycles. The second kappa shape index (κ2) is 10.1. The summed E-state index contributed by atoms with van der Waals surface area (Å²) in [6, 6.07) is 24.2. The Hall–Kier alpha value is -3.58. The lowest BCUT2D eigenvalue weighted by atomic mass is 9.95. The lowest BCUT2D eigenvalue weighted by Crippen LogP contribution is -2.40. The van der Waals surface area contributed by atoms with Gasteiger partial charge in [-0.15, -0.1) is 0 Å². The van der Waals surface area contributed by atoms with Gasteiger partial charge in [-0.25, -0.2) is 8.42 Å². The number of ether oxygens (including phenoxy) is 1. The number of aryl methyl sites for hydroxylation is 1. The molecule has 0 saturated carbocycles. The number of rotatable bonds is 8. The summed E-state index contributed by atoms with van der Waals surface area (Å²) in [6.45, 7) is 2.52. The SMILES string of the molecule is CCCc1ccc(OCCNC(=O)C2=C(c3ccccc3)c3ccccc3N(C)S2(=O)=O)cc1. The number of hydrogen-bond donors (Lipinski definition) is 1. The van der Waals surface area contributed by atoms with Gasteiger partial charge in [-0.05, 0) is 35.7 Å². The van der Waals surface area contributed by atoms with Gasteiger partial charge >= 0.3 is 0 Å². The van der Waals surface area contributed by atoms with E-state index < -0.39 is 15.9 Å². The number of para-hydroxylation sites is 1. The number of anilines is 1. The molecule has 0 atom stereocenters. The minimum absolute atomic E-state index is 0.169. The molecule has 0 fully saturated rings. The van der Waals surface area contributed by atoms with Crippen LogP contribution >= 0.6 is 0 Å². The molecule has 7 heteroatoms. The van der Waals surface area contributed by atoms with Crippen molar-refractivity contribution in [3.8, 4) is 5.75 Å². The van der Waals surface area contributed by atoms with E-state index in [1.807, 2.05) is 66.7 Å². The third-order valence-corrected chi connectivity index (χ3v) is 7.57. The number of hydrogen-bond acceptors (Lipinski definition) is 4. The molecule has 1 N–H and O–H groups in total. The topological polar surface area (TPSA) is 75.7 Å². The van der Waals surface area contributed by atoms with Crippen molar-refractivity contribution in [3.05, 3.63) is 100 Å². The van der Waals surface area contributed by atoms with E-state index in [4.69, 9.17) is 4.74 Å². The van der Waals surface area contributed by atoms with Crippen LogP contribution in [0.25, 0.3) is 5.57 Å². The van der Waals surface area contributed by atoms with Gasteiger partial charge in [0, 0.05) is 18.2 Å². The Morgan fingerprint density at radius 1 is 0.941 bits per heavy atom. The zero-order chi connectivity index (χ0) is 24.1. The summed E-state index contributed by atoms with van der Waals surface area (Å²) < 4.78 is 33.7. The van der Waals surface area contributed by atoms with Crippen molar-refractivity contribution in [1.29, 1.82) is 0 Å². The van der Waals surface area contributed by atoms with Crippen LogP contribution in [-0.4, -0.2) is 34.5 Å². The van der Waals surface area contributed by atoms with Crippen LogP contribution in [0.3, 0.4) is 0 Å². The van der Waals surface area contributed by atoms with E-state index in [2.05, 4.69) is 12.2 Å². The average molecular weight is 477 g/mol. The zero-order valence-corrected chi connectivity index (χ0v) is 20.1. The number of fused-ring (bicyclic) bond motifs is 1. The minimum Gasteiger partial charge on any atom is -0.492 e. The minimum atomic E-state index is -4.05. The van der Waals surface area contributed by atoms with Crippen LogP contribution in [0.4, 0.5) is 5.69 Å². The molecule has 4 rings (SSSR count). The molecule has 176 valence electrons. The van der Waals surface area contributed by atoms with Gasteiger partial charge in [-0.2, -0.15) is 0 Å². The molecular formula is C27H28N2O4S. The van der Waals surface area contributed by atoms with E-state index in [0.29, 0.717) is 28.1 Å². The highest BCUT2D eigenvalue weighted by Crippen LogP contribution is 2.41. The molecule has 0 radical (unpaired) electrons. The van der Waals surface area contributed by atoms with E-state index in [1.165, 1.54) is 12.6 Å². The molecule has 3 aromatic carbocycles. The van der Waals surface area contributed by atoms with Gasteiger partial charge in [0.15, 0.2) is 4.91 Å². The van der Waals surface area contributed by atoms with Crippen molar-refractivity contribution in [3.63, 3.8) is 0 Å². The highest BCUT2D eigenvalue weighted by atomic mass is 32.2. The van der Waals surface area contributed by atoms with E-state index in [1.54, 1.807) is 12.1 Å². The highest BCUT2D eigenvalue weighted by Gasteiger charge is 2.39. The van der Waals surface area contributed by atoms with Crippen molar-refractivity contribution in [2.45, 2.75) is 19.8 Å². The number of benzene rings is 3. The number of sulfonamides is 1. The van der Waals surface area contributed by atoms with Crippen molar-refractivity contribution in [2.24, 2.45) is 0 Å². The maximum Gasteiger partial charge on any atom is 0.270 e. The third kappa shape index (κ3) is 4.70. The zero-order valence-electron chi connectivity index (χ0n) is 19.3. The normalized spacial score (nSPS) is 14.5. The summed E-state index contributed by atoms with van der Waals surface area (Å²) in [5.41, 5.74) is 3.54. The molecule has 6 nitrogen and oxygen atoms in total. The lowest BCUT2D eigenvalue weighted by molar-refractivity contribution is -0.116. The van der Waals surface area contributed by atoms with Crippen LogP contribution in [0.1, 0.15) is 30.0 Å². The molecule has 0 bridgehead atoms.